The zero-order valence-corrected chi connectivity index (χ0v) is 11.7. The van der Waals surface area contributed by atoms with Crippen molar-refractivity contribution in [3.63, 3.8) is 0 Å². The number of fused-ring (bicyclic) bond motifs is 1. The van der Waals surface area contributed by atoms with Crippen LogP contribution in [0.1, 0.15) is 31.9 Å². The van der Waals surface area contributed by atoms with E-state index in [4.69, 9.17) is 9.47 Å². The van der Waals surface area contributed by atoms with Gasteiger partial charge in [-0.15, -0.1) is 0 Å². The fraction of sp³-hybridized carbons (Fsp3) is 0.538. The van der Waals surface area contributed by atoms with Gasteiger partial charge in [-0.1, -0.05) is 13.8 Å². The fourth-order valence-corrected chi connectivity index (χ4v) is 2.48. The summed E-state index contributed by atoms with van der Waals surface area (Å²) in [7, 11) is 0. The molecular weight excluding hydrogens is 284 g/mol. The van der Waals surface area contributed by atoms with Gasteiger partial charge in [0.15, 0.2) is 11.5 Å². The van der Waals surface area contributed by atoms with Gasteiger partial charge in [0.2, 0.25) is 0 Å². The smallest absolute Gasteiger partial charge is 0.175 e. The van der Waals surface area contributed by atoms with Crippen molar-refractivity contribution < 1.29 is 14.6 Å². The van der Waals surface area contributed by atoms with Gasteiger partial charge in [-0.3, -0.25) is 0 Å². The number of rotatable bonds is 3. The van der Waals surface area contributed by atoms with Crippen LogP contribution in [0, 0.1) is 5.92 Å². The van der Waals surface area contributed by atoms with Gasteiger partial charge in [0.25, 0.3) is 0 Å². The van der Waals surface area contributed by atoms with Crippen LogP contribution < -0.4 is 9.47 Å². The van der Waals surface area contributed by atoms with Crippen molar-refractivity contribution in [1.82, 2.24) is 0 Å². The molecule has 3 nitrogen and oxygen atoms in total. The summed E-state index contributed by atoms with van der Waals surface area (Å²) < 4.78 is 11.9. The van der Waals surface area contributed by atoms with E-state index in [1.165, 1.54) is 0 Å². The molecule has 1 N–H and O–H groups in total. The number of halogens is 1. The Hall–Kier alpha value is -0.740. The Morgan fingerprint density at radius 1 is 1.29 bits per heavy atom. The molecule has 0 fully saturated rings. The predicted molar refractivity (Wildman–Crippen MR) is 69.5 cm³/mol. The van der Waals surface area contributed by atoms with E-state index in [-0.39, 0.29) is 0 Å². The van der Waals surface area contributed by atoms with Crippen molar-refractivity contribution in [2.24, 2.45) is 5.92 Å². The van der Waals surface area contributed by atoms with Crippen LogP contribution in [0.4, 0.5) is 0 Å². The van der Waals surface area contributed by atoms with Crippen LogP contribution in [0.3, 0.4) is 0 Å². The van der Waals surface area contributed by atoms with Crippen LogP contribution in [0.15, 0.2) is 16.6 Å². The SMILES string of the molecule is CC(C)CC(O)c1cc(Br)c2c(c1)OCCO2. The maximum Gasteiger partial charge on any atom is 0.175 e. The molecule has 1 aliphatic rings. The van der Waals surface area contributed by atoms with E-state index < -0.39 is 6.10 Å². The summed E-state index contributed by atoms with van der Waals surface area (Å²) in [6, 6.07) is 3.77. The van der Waals surface area contributed by atoms with Gasteiger partial charge in [-0.25, -0.2) is 0 Å². The average Bonchev–Trinajstić information content (AvgIpc) is 2.28. The van der Waals surface area contributed by atoms with E-state index in [0.717, 1.165) is 22.2 Å². The van der Waals surface area contributed by atoms with E-state index in [0.29, 0.717) is 24.9 Å². The maximum atomic E-state index is 10.1. The zero-order chi connectivity index (χ0) is 12.4. The summed E-state index contributed by atoms with van der Waals surface area (Å²) in [5, 5.41) is 10.1. The van der Waals surface area contributed by atoms with Gasteiger partial charge in [0, 0.05) is 0 Å². The van der Waals surface area contributed by atoms with Gasteiger partial charge < -0.3 is 14.6 Å². The van der Waals surface area contributed by atoms with E-state index in [1.807, 2.05) is 12.1 Å². The highest BCUT2D eigenvalue weighted by Crippen LogP contribution is 2.40. The van der Waals surface area contributed by atoms with Crippen LogP contribution in [0.2, 0.25) is 0 Å². The van der Waals surface area contributed by atoms with E-state index in [2.05, 4.69) is 29.8 Å². The second kappa shape index (κ2) is 5.27. The predicted octanol–water partition coefficient (Wildman–Crippen LogP) is 3.30. The summed E-state index contributed by atoms with van der Waals surface area (Å²) in [6.45, 7) is 5.31. The van der Waals surface area contributed by atoms with E-state index in [1.54, 1.807) is 0 Å². The van der Waals surface area contributed by atoms with Crippen molar-refractivity contribution >= 4 is 15.9 Å². The molecule has 1 aliphatic heterocycles. The maximum absolute atomic E-state index is 10.1. The summed E-state index contributed by atoms with van der Waals surface area (Å²) in [5.41, 5.74) is 0.870. The molecule has 1 unspecified atom stereocenters. The molecule has 0 saturated carbocycles. The molecule has 1 aromatic carbocycles. The highest BCUT2D eigenvalue weighted by atomic mass is 79.9. The molecule has 4 heteroatoms. The van der Waals surface area contributed by atoms with Crippen LogP contribution in [0.5, 0.6) is 11.5 Å². The lowest BCUT2D eigenvalue weighted by Crippen LogP contribution is -2.16. The Bertz CT molecular complexity index is 404. The highest BCUT2D eigenvalue weighted by Gasteiger charge is 2.19. The van der Waals surface area contributed by atoms with Gasteiger partial charge in [-0.05, 0) is 46.0 Å². The van der Waals surface area contributed by atoms with E-state index in [9.17, 15) is 5.11 Å². The number of hydrogen-bond acceptors (Lipinski definition) is 3. The molecule has 0 aromatic heterocycles. The molecule has 2 rings (SSSR count). The molecule has 0 bridgehead atoms. The summed E-state index contributed by atoms with van der Waals surface area (Å²) in [6.07, 6.45) is 0.286. The average molecular weight is 301 g/mol. The van der Waals surface area contributed by atoms with E-state index >= 15 is 0 Å². The lowest BCUT2D eigenvalue weighted by molar-refractivity contribution is 0.147. The molecule has 0 amide bonds. The lowest BCUT2D eigenvalue weighted by atomic mass is 9.99. The first-order valence-corrected chi connectivity index (χ1v) is 6.64. The zero-order valence-electron chi connectivity index (χ0n) is 10.1. The Balaban J connectivity index is 2.27. The Morgan fingerprint density at radius 2 is 2.00 bits per heavy atom. The molecule has 0 spiro atoms. The number of aliphatic hydroxyl groups excluding tert-OH is 1. The summed E-state index contributed by atoms with van der Waals surface area (Å²) in [5.74, 6) is 1.90. The Labute approximate surface area is 110 Å². The second-order valence-electron chi connectivity index (χ2n) is 4.67. The first kappa shape index (κ1) is 12.7. The van der Waals surface area contributed by atoms with Crippen molar-refractivity contribution in [1.29, 1.82) is 0 Å². The molecule has 1 heterocycles. The largest absolute Gasteiger partial charge is 0.486 e. The van der Waals surface area contributed by atoms with Crippen LogP contribution >= 0.6 is 15.9 Å². The minimum atomic E-state index is -0.456. The van der Waals surface area contributed by atoms with Crippen molar-refractivity contribution in [2.45, 2.75) is 26.4 Å². The molecule has 94 valence electrons. The Kier molecular flexibility index (Phi) is 3.94. The van der Waals surface area contributed by atoms with Gasteiger partial charge in [0.1, 0.15) is 13.2 Å². The topological polar surface area (TPSA) is 38.7 Å². The third-order valence-corrected chi connectivity index (χ3v) is 3.29. The van der Waals surface area contributed by atoms with Gasteiger partial charge >= 0.3 is 0 Å². The molecule has 0 radical (unpaired) electrons. The molecule has 0 saturated heterocycles. The number of ether oxygens (including phenoxy) is 2. The minimum Gasteiger partial charge on any atom is -0.486 e. The van der Waals surface area contributed by atoms with Crippen LogP contribution in [-0.2, 0) is 0 Å². The van der Waals surface area contributed by atoms with Crippen molar-refractivity contribution in [3.8, 4) is 11.5 Å². The number of hydrogen-bond donors (Lipinski definition) is 1. The lowest BCUT2D eigenvalue weighted by Gasteiger charge is -2.22. The number of aliphatic hydroxyl groups is 1. The summed E-state index contributed by atoms with van der Waals surface area (Å²) in [4.78, 5) is 0. The first-order valence-electron chi connectivity index (χ1n) is 5.85. The quantitative estimate of drug-likeness (QED) is 0.931. The molecule has 0 aliphatic carbocycles. The highest BCUT2D eigenvalue weighted by molar-refractivity contribution is 9.10. The molecule has 1 atom stereocenters. The van der Waals surface area contributed by atoms with Crippen molar-refractivity contribution in [2.75, 3.05) is 13.2 Å². The standard InChI is InChI=1S/C13H17BrO3/c1-8(2)5-11(15)9-6-10(14)13-12(7-9)16-3-4-17-13/h6-8,11,15H,3-5H2,1-2H3. The third-order valence-electron chi connectivity index (χ3n) is 2.70. The first-order chi connectivity index (χ1) is 8.08. The van der Waals surface area contributed by atoms with Crippen molar-refractivity contribution in [3.05, 3.63) is 22.2 Å². The molecule has 17 heavy (non-hydrogen) atoms. The molecule has 1 aromatic rings. The van der Waals surface area contributed by atoms with Crippen LogP contribution in [-0.4, -0.2) is 18.3 Å². The fourth-order valence-electron chi connectivity index (χ4n) is 1.91. The monoisotopic (exact) mass is 300 g/mol. The minimum absolute atomic E-state index is 0.456. The Morgan fingerprint density at radius 3 is 2.71 bits per heavy atom. The third kappa shape index (κ3) is 2.93. The van der Waals surface area contributed by atoms with Gasteiger partial charge in [-0.2, -0.15) is 0 Å². The summed E-state index contributed by atoms with van der Waals surface area (Å²) >= 11 is 3.45. The second-order valence-corrected chi connectivity index (χ2v) is 5.53. The normalized spacial score (nSPS) is 16.1. The van der Waals surface area contributed by atoms with Gasteiger partial charge in [0.05, 0.1) is 10.6 Å². The number of benzene rings is 1. The molecular formula is C13H17BrO3. The van der Waals surface area contributed by atoms with Crippen LogP contribution in [0.25, 0.3) is 0 Å².